The normalized spacial score (nSPS) is 19.5. The van der Waals surface area contributed by atoms with Crippen molar-refractivity contribution in [3.05, 3.63) is 41.8 Å². The Labute approximate surface area is 157 Å². The lowest BCUT2D eigenvalue weighted by Crippen LogP contribution is -2.36. The molecule has 2 fully saturated rings. The fraction of sp³-hybridized carbons (Fsp3) is 0.526. The van der Waals surface area contributed by atoms with Crippen LogP contribution < -0.4 is 0 Å². The van der Waals surface area contributed by atoms with E-state index in [9.17, 15) is 9.59 Å². The maximum absolute atomic E-state index is 12.7. The monoisotopic (exact) mass is 369 g/mol. The van der Waals surface area contributed by atoms with Crippen LogP contribution in [0.1, 0.15) is 42.5 Å². The summed E-state index contributed by atoms with van der Waals surface area (Å²) >= 11 is 0. The van der Waals surface area contributed by atoms with Gasteiger partial charge in [0.2, 0.25) is 17.7 Å². The standard InChI is InChI=1S/C19H23N5O3/c1-23(8-6-16-21-18(27-22-16)14-4-5-14)19(26)15-9-17(25)24(12-15)11-13-3-2-7-20-10-13/h2-3,7,10,14-15H,4-6,8-9,11-12H2,1H3/t15-/m1/s1. The van der Waals surface area contributed by atoms with E-state index in [0.717, 1.165) is 18.4 Å². The van der Waals surface area contributed by atoms with E-state index in [1.165, 1.54) is 0 Å². The first-order chi connectivity index (χ1) is 13.1. The molecule has 2 aliphatic rings. The molecule has 142 valence electrons. The van der Waals surface area contributed by atoms with Gasteiger partial charge in [-0.05, 0) is 24.5 Å². The molecule has 1 saturated carbocycles. The molecule has 1 atom stereocenters. The van der Waals surface area contributed by atoms with Gasteiger partial charge >= 0.3 is 0 Å². The Morgan fingerprint density at radius 3 is 3.00 bits per heavy atom. The van der Waals surface area contributed by atoms with Crippen molar-refractivity contribution in [2.45, 2.75) is 38.1 Å². The van der Waals surface area contributed by atoms with Crippen molar-refractivity contribution < 1.29 is 14.1 Å². The van der Waals surface area contributed by atoms with Crippen molar-refractivity contribution >= 4 is 11.8 Å². The number of likely N-dealkylation sites (N-methyl/N-ethyl adjacent to an activating group) is 1. The quantitative estimate of drug-likeness (QED) is 0.732. The molecule has 0 aromatic carbocycles. The van der Waals surface area contributed by atoms with Gasteiger partial charge in [0.05, 0.1) is 5.92 Å². The number of aromatic nitrogens is 3. The molecule has 4 rings (SSSR count). The summed E-state index contributed by atoms with van der Waals surface area (Å²) in [6.45, 7) is 1.45. The fourth-order valence-corrected chi connectivity index (χ4v) is 3.36. The van der Waals surface area contributed by atoms with E-state index in [1.807, 2.05) is 12.1 Å². The molecule has 8 heteroatoms. The third kappa shape index (κ3) is 4.15. The van der Waals surface area contributed by atoms with Crippen LogP contribution in [0.3, 0.4) is 0 Å². The van der Waals surface area contributed by atoms with Crippen molar-refractivity contribution in [1.29, 1.82) is 0 Å². The molecule has 3 heterocycles. The molecule has 0 unspecified atom stereocenters. The molecule has 1 aliphatic carbocycles. The van der Waals surface area contributed by atoms with E-state index in [4.69, 9.17) is 4.52 Å². The van der Waals surface area contributed by atoms with E-state index in [0.29, 0.717) is 43.7 Å². The lowest BCUT2D eigenvalue weighted by Gasteiger charge is -2.21. The van der Waals surface area contributed by atoms with Crippen molar-refractivity contribution in [2.75, 3.05) is 20.1 Å². The smallest absolute Gasteiger partial charge is 0.229 e. The van der Waals surface area contributed by atoms with Gasteiger partial charge in [-0.2, -0.15) is 4.98 Å². The van der Waals surface area contributed by atoms with E-state index in [2.05, 4.69) is 15.1 Å². The van der Waals surface area contributed by atoms with Crippen molar-refractivity contribution in [3.63, 3.8) is 0 Å². The van der Waals surface area contributed by atoms with Gasteiger partial charge in [0.15, 0.2) is 5.82 Å². The van der Waals surface area contributed by atoms with Gasteiger partial charge in [-0.15, -0.1) is 0 Å². The third-order valence-corrected chi connectivity index (χ3v) is 5.12. The molecule has 2 aromatic rings. The summed E-state index contributed by atoms with van der Waals surface area (Å²) < 4.78 is 5.24. The first-order valence-corrected chi connectivity index (χ1v) is 9.34. The van der Waals surface area contributed by atoms with Crippen molar-refractivity contribution in [3.8, 4) is 0 Å². The number of likely N-dealkylation sites (tertiary alicyclic amines) is 1. The summed E-state index contributed by atoms with van der Waals surface area (Å²) in [6.07, 6.45) is 6.50. The number of pyridine rings is 1. The highest BCUT2D eigenvalue weighted by atomic mass is 16.5. The van der Waals surface area contributed by atoms with Crippen LogP contribution in [0.5, 0.6) is 0 Å². The lowest BCUT2D eigenvalue weighted by atomic mass is 10.1. The predicted molar refractivity (Wildman–Crippen MR) is 95.4 cm³/mol. The van der Waals surface area contributed by atoms with Gasteiger partial charge in [-0.1, -0.05) is 11.2 Å². The fourth-order valence-electron chi connectivity index (χ4n) is 3.36. The second-order valence-corrected chi connectivity index (χ2v) is 7.37. The number of rotatable bonds is 7. The zero-order valence-corrected chi connectivity index (χ0v) is 15.4. The molecule has 1 saturated heterocycles. The Bertz CT molecular complexity index is 818. The van der Waals surface area contributed by atoms with E-state index in [-0.39, 0.29) is 24.2 Å². The Balaban J connectivity index is 1.28. The Kier molecular flexibility index (Phi) is 4.87. The van der Waals surface area contributed by atoms with Crippen LogP contribution in [0.4, 0.5) is 0 Å². The molecular weight excluding hydrogens is 346 g/mol. The van der Waals surface area contributed by atoms with Crippen LogP contribution in [-0.4, -0.2) is 56.9 Å². The highest BCUT2D eigenvalue weighted by Crippen LogP contribution is 2.38. The Hall–Kier alpha value is -2.77. The summed E-state index contributed by atoms with van der Waals surface area (Å²) in [5.41, 5.74) is 0.968. The predicted octanol–water partition coefficient (Wildman–Crippen LogP) is 1.39. The highest BCUT2D eigenvalue weighted by molar-refractivity contribution is 5.89. The van der Waals surface area contributed by atoms with Crippen molar-refractivity contribution in [1.82, 2.24) is 24.9 Å². The Morgan fingerprint density at radius 2 is 2.26 bits per heavy atom. The Morgan fingerprint density at radius 1 is 1.41 bits per heavy atom. The van der Waals surface area contributed by atoms with Crippen LogP contribution >= 0.6 is 0 Å². The van der Waals surface area contributed by atoms with Crippen molar-refractivity contribution in [2.24, 2.45) is 5.92 Å². The molecule has 0 bridgehead atoms. The molecule has 0 radical (unpaired) electrons. The topological polar surface area (TPSA) is 92.4 Å². The minimum absolute atomic E-state index is 0.0112. The lowest BCUT2D eigenvalue weighted by molar-refractivity contribution is -0.134. The van der Waals surface area contributed by atoms with E-state index >= 15 is 0 Å². The summed E-state index contributed by atoms with van der Waals surface area (Å²) in [6, 6.07) is 3.78. The summed E-state index contributed by atoms with van der Waals surface area (Å²) in [5.74, 6) is 1.48. The van der Waals surface area contributed by atoms with Gasteiger partial charge in [0, 0.05) is 57.8 Å². The minimum atomic E-state index is -0.300. The van der Waals surface area contributed by atoms with Crippen LogP contribution in [-0.2, 0) is 22.6 Å². The molecule has 27 heavy (non-hydrogen) atoms. The van der Waals surface area contributed by atoms with Gasteiger partial charge in [0.25, 0.3) is 0 Å². The maximum atomic E-state index is 12.7. The zero-order valence-electron chi connectivity index (χ0n) is 15.4. The molecule has 8 nitrogen and oxygen atoms in total. The third-order valence-electron chi connectivity index (χ3n) is 5.12. The first-order valence-electron chi connectivity index (χ1n) is 9.34. The van der Waals surface area contributed by atoms with Crippen LogP contribution in [0.25, 0.3) is 0 Å². The highest BCUT2D eigenvalue weighted by Gasteiger charge is 2.35. The summed E-state index contributed by atoms with van der Waals surface area (Å²) in [7, 11) is 1.76. The number of amides is 2. The van der Waals surface area contributed by atoms with Gasteiger partial charge in [-0.25, -0.2) is 0 Å². The summed E-state index contributed by atoms with van der Waals surface area (Å²) in [4.78, 5) is 36.8. The average Bonchev–Trinajstić information content (AvgIpc) is 3.32. The number of nitrogens with zero attached hydrogens (tertiary/aromatic N) is 5. The van der Waals surface area contributed by atoms with E-state index in [1.54, 1.807) is 29.2 Å². The average molecular weight is 369 g/mol. The van der Waals surface area contributed by atoms with E-state index < -0.39 is 0 Å². The summed E-state index contributed by atoms with van der Waals surface area (Å²) in [5, 5.41) is 3.98. The molecule has 0 N–H and O–H groups in total. The van der Waals surface area contributed by atoms with Gasteiger partial charge in [-0.3, -0.25) is 14.6 Å². The maximum Gasteiger partial charge on any atom is 0.229 e. The number of carbonyl (C=O) groups is 2. The molecule has 2 aromatic heterocycles. The molecule has 2 amide bonds. The number of hydrogen-bond donors (Lipinski definition) is 0. The SMILES string of the molecule is CN(CCc1noc(C2CC2)n1)C(=O)[C@@H]1CC(=O)N(Cc2cccnc2)C1. The molecule has 0 spiro atoms. The van der Waals surface area contributed by atoms with Gasteiger partial charge in [0.1, 0.15) is 0 Å². The minimum Gasteiger partial charge on any atom is -0.345 e. The number of hydrogen-bond acceptors (Lipinski definition) is 6. The van der Waals surface area contributed by atoms with Crippen LogP contribution in [0.15, 0.2) is 29.0 Å². The van der Waals surface area contributed by atoms with Crippen LogP contribution in [0.2, 0.25) is 0 Å². The first kappa shape index (κ1) is 17.6. The second kappa shape index (κ2) is 7.46. The van der Waals surface area contributed by atoms with Gasteiger partial charge < -0.3 is 14.3 Å². The molecular formula is C19H23N5O3. The largest absolute Gasteiger partial charge is 0.345 e. The number of carbonyl (C=O) groups excluding carboxylic acids is 2. The second-order valence-electron chi connectivity index (χ2n) is 7.37. The van der Waals surface area contributed by atoms with Crippen LogP contribution in [0, 0.1) is 5.92 Å². The molecule has 1 aliphatic heterocycles. The zero-order chi connectivity index (χ0) is 18.8.